The fourth-order valence-corrected chi connectivity index (χ4v) is 3.36. The second kappa shape index (κ2) is 5.93. The van der Waals surface area contributed by atoms with Crippen LogP contribution in [0.4, 0.5) is 0 Å². The van der Waals surface area contributed by atoms with Gasteiger partial charge in [-0.15, -0.1) is 11.3 Å². The summed E-state index contributed by atoms with van der Waals surface area (Å²) in [5.74, 6) is 2.26. The van der Waals surface area contributed by atoms with Crippen molar-refractivity contribution in [3.05, 3.63) is 59.1 Å². The first-order valence-electron chi connectivity index (χ1n) is 7.34. The number of benzene rings is 2. The van der Waals surface area contributed by atoms with Gasteiger partial charge in [0.05, 0.1) is 10.6 Å². The number of fused-ring (bicyclic) bond motifs is 1. The molecule has 1 aliphatic heterocycles. The summed E-state index contributed by atoms with van der Waals surface area (Å²) in [5, 5.41) is 1.02. The average molecular weight is 325 g/mol. The van der Waals surface area contributed by atoms with Gasteiger partial charge in [-0.1, -0.05) is 30.3 Å². The molecule has 0 unspecified atom stereocenters. The van der Waals surface area contributed by atoms with E-state index < -0.39 is 0 Å². The van der Waals surface area contributed by atoms with Crippen LogP contribution in [0, 0.1) is 6.92 Å². The summed E-state index contributed by atoms with van der Waals surface area (Å²) < 4.78 is 16.5. The molecule has 0 N–H and O–H groups in total. The fourth-order valence-electron chi connectivity index (χ4n) is 2.38. The lowest BCUT2D eigenvalue weighted by molar-refractivity contribution is 0.173. The van der Waals surface area contributed by atoms with Crippen LogP contribution in [-0.4, -0.2) is 11.8 Å². The minimum atomic E-state index is 0.271. The van der Waals surface area contributed by atoms with Gasteiger partial charge in [-0.3, -0.25) is 0 Å². The normalized spacial score (nSPS) is 12.4. The number of nitrogens with zero attached hydrogens (tertiary/aromatic N) is 1. The van der Waals surface area contributed by atoms with Gasteiger partial charge in [0.25, 0.3) is 0 Å². The molecule has 5 heteroatoms. The van der Waals surface area contributed by atoms with Crippen LogP contribution in [0.2, 0.25) is 0 Å². The number of hydrogen-bond donors (Lipinski definition) is 0. The maximum absolute atomic E-state index is 5.88. The van der Waals surface area contributed by atoms with Crippen LogP contribution in [-0.2, 0) is 6.61 Å². The third-order valence-corrected chi connectivity index (χ3v) is 4.81. The summed E-state index contributed by atoms with van der Waals surface area (Å²) in [5.41, 5.74) is 2.14. The van der Waals surface area contributed by atoms with Gasteiger partial charge in [0.15, 0.2) is 11.5 Å². The Bertz CT molecular complexity index is 830. The Labute approximate surface area is 138 Å². The molecule has 23 heavy (non-hydrogen) atoms. The van der Waals surface area contributed by atoms with E-state index in [1.54, 1.807) is 11.3 Å². The van der Waals surface area contributed by atoms with Gasteiger partial charge in [0.1, 0.15) is 17.4 Å². The lowest BCUT2D eigenvalue weighted by Crippen LogP contribution is -1.95. The van der Waals surface area contributed by atoms with E-state index >= 15 is 0 Å². The van der Waals surface area contributed by atoms with Gasteiger partial charge >= 0.3 is 0 Å². The standard InChI is InChI=1S/C18H15NO3S/c1-12-17(23-18(19-12)13-5-3-2-4-6-13)10-20-14-7-8-15-16(9-14)22-11-21-15/h2-9H,10-11H2,1H3. The maximum atomic E-state index is 5.88. The first-order valence-corrected chi connectivity index (χ1v) is 8.15. The van der Waals surface area contributed by atoms with Gasteiger partial charge in [0, 0.05) is 11.6 Å². The maximum Gasteiger partial charge on any atom is 0.231 e. The Hall–Kier alpha value is -2.53. The molecule has 1 aliphatic rings. The molecule has 0 aliphatic carbocycles. The van der Waals surface area contributed by atoms with Crippen molar-refractivity contribution in [2.45, 2.75) is 13.5 Å². The van der Waals surface area contributed by atoms with Crippen molar-refractivity contribution in [2.24, 2.45) is 0 Å². The topological polar surface area (TPSA) is 40.6 Å². The Balaban J connectivity index is 1.50. The molecule has 0 radical (unpaired) electrons. The molecule has 116 valence electrons. The molecule has 0 amide bonds. The number of thiazole rings is 1. The summed E-state index contributed by atoms with van der Waals surface area (Å²) in [6, 6.07) is 15.8. The summed E-state index contributed by atoms with van der Waals surface area (Å²) in [7, 11) is 0. The van der Waals surface area contributed by atoms with E-state index in [2.05, 4.69) is 17.1 Å². The Morgan fingerprint density at radius 1 is 1.09 bits per heavy atom. The monoisotopic (exact) mass is 325 g/mol. The minimum absolute atomic E-state index is 0.271. The molecular weight excluding hydrogens is 310 g/mol. The fraction of sp³-hybridized carbons (Fsp3) is 0.167. The molecule has 2 aromatic carbocycles. The van der Waals surface area contributed by atoms with Crippen molar-refractivity contribution >= 4 is 11.3 Å². The molecular formula is C18H15NO3S. The highest BCUT2D eigenvalue weighted by Gasteiger charge is 2.14. The zero-order chi connectivity index (χ0) is 15.6. The van der Waals surface area contributed by atoms with Gasteiger partial charge in [0.2, 0.25) is 6.79 Å². The van der Waals surface area contributed by atoms with Crippen molar-refractivity contribution in [2.75, 3.05) is 6.79 Å². The molecule has 1 aromatic heterocycles. The zero-order valence-corrected chi connectivity index (χ0v) is 13.4. The van der Waals surface area contributed by atoms with Gasteiger partial charge in [-0.05, 0) is 19.1 Å². The lowest BCUT2D eigenvalue weighted by Gasteiger charge is -2.05. The highest BCUT2D eigenvalue weighted by atomic mass is 32.1. The van der Waals surface area contributed by atoms with E-state index in [0.29, 0.717) is 6.61 Å². The van der Waals surface area contributed by atoms with E-state index in [1.807, 2.05) is 43.3 Å². The van der Waals surface area contributed by atoms with Crippen LogP contribution < -0.4 is 14.2 Å². The molecule has 0 bridgehead atoms. The molecule has 0 atom stereocenters. The van der Waals surface area contributed by atoms with E-state index in [0.717, 1.165) is 38.4 Å². The van der Waals surface area contributed by atoms with Crippen molar-refractivity contribution in [3.8, 4) is 27.8 Å². The van der Waals surface area contributed by atoms with Crippen molar-refractivity contribution < 1.29 is 14.2 Å². The van der Waals surface area contributed by atoms with E-state index in [-0.39, 0.29) is 6.79 Å². The summed E-state index contributed by atoms with van der Waals surface area (Å²) in [6.45, 7) is 2.78. The highest BCUT2D eigenvalue weighted by molar-refractivity contribution is 7.15. The molecule has 4 nitrogen and oxygen atoms in total. The van der Waals surface area contributed by atoms with Crippen LogP contribution in [0.15, 0.2) is 48.5 Å². The van der Waals surface area contributed by atoms with Crippen LogP contribution in [0.5, 0.6) is 17.2 Å². The smallest absolute Gasteiger partial charge is 0.231 e. The zero-order valence-electron chi connectivity index (χ0n) is 12.6. The predicted molar refractivity (Wildman–Crippen MR) is 89.2 cm³/mol. The Morgan fingerprint density at radius 3 is 2.78 bits per heavy atom. The number of rotatable bonds is 4. The third-order valence-electron chi connectivity index (χ3n) is 3.63. The number of ether oxygens (including phenoxy) is 3. The first-order chi connectivity index (χ1) is 11.3. The van der Waals surface area contributed by atoms with Gasteiger partial charge in [-0.25, -0.2) is 4.98 Å². The molecule has 3 aromatic rings. The first kappa shape index (κ1) is 14.1. The quantitative estimate of drug-likeness (QED) is 0.712. The third kappa shape index (κ3) is 2.87. The number of aryl methyl sites for hydroxylation is 1. The van der Waals surface area contributed by atoms with Crippen molar-refractivity contribution in [3.63, 3.8) is 0 Å². The van der Waals surface area contributed by atoms with Crippen LogP contribution in [0.1, 0.15) is 10.6 Å². The number of aromatic nitrogens is 1. The SMILES string of the molecule is Cc1nc(-c2ccccc2)sc1COc1ccc2c(c1)OCO2. The number of hydrogen-bond acceptors (Lipinski definition) is 5. The second-order valence-corrected chi connectivity index (χ2v) is 6.28. The molecule has 2 heterocycles. The molecule has 0 spiro atoms. The predicted octanol–water partition coefficient (Wildman–Crippen LogP) is 4.43. The minimum Gasteiger partial charge on any atom is -0.488 e. The van der Waals surface area contributed by atoms with Crippen LogP contribution >= 0.6 is 11.3 Å². The van der Waals surface area contributed by atoms with Gasteiger partial charge < -0.3 is 14.2 Å². The van der Waals surface area contributed by atoms with E-state index in [4.69, 9.17) is 14.2 Å². The lowest BCUT2D eigenvalue weighted by atomic mass is 10.2. The largest absolute Gasteiger partial charge is 0.488 e. The molecule has 4 rings (SSSR count). The van der Waals surface area contributed by atoms with Crippen molar-refractivity contribution in [1.82, 2.24) is 4.98 Å². The van der Waals surface area contributed by atoms with Crippen molar-refractivity contribution in [1.29, 1.82) is 0 Å². The summed E-state index contributed by atoms with van der Waals surface area (Å²) in [6.07, 6.45) is 0. The van der Waals surface area contributed by atoms with E-state index in [9.17, 15) is 0 Å². The summed E-state index contributed by atoms with van der Waals surface area (Å²) in [4.78, 5) is 5.77. The van der Waals surface area contributed by atoms with Gasteiger partial charge in [-0.2, -0.15) is 0 Å². The Morgan fingerprint density at radius 2 is 1.91 bits per heavy atom. The molecule has 0 saturated carbocycles. The van der Waals surface area contributed by atoms with Crippen LogP contribution in [0.3, 0.4) is 0 Å². The van der Waals surface area contributed by atoms with E-state index in [1.165, 1.54) is 0 Å². The average Bonchev–Trinajstić information content (AvgIpc) is 3.19. The summed E-state index contributed by atoms with van der Waals surface area (Å²) >= 11 is 1.67. The molecule has 0 saturated heterocycles. The Kier molecular flexibility index (Phi) is 3.63. The highest BCUT2D eigenvalue weighted by Crippen LogP contribution is 2.36. The molecule has 0 fully saturated rings. The second-order valence-electron chi connectivity index (χ2n) is 5.20. The van der Waals surface area contributed by atoms with Crippen LogP contribution in [0.25, 0.3) is 10.6 Å².